The molecule has 1 saturated carbocycles. The summed E-state index contributed by atoms with van der Waals surface area (Å²) in [5.41, 5.74) is 0. The largest absolute Gasteiger partial charge is 0.497 e. The Morgan fingerprint density at radius 1 is 1.47 bits per heavy atom. The highest BCUT2D eigenvalue weighted by molar-refractivity contribution is 7.89. The minimum absolute atomic E-state index is 0.174. The molecule has 0 spiro atoms. The summed E-state index contributed by atoms with van der Waals surface area (Å²) in [5, 5.41) is 9.68. The lowest BCUT2D eigenvalue weighted by atomic mass is 10.2. The average molecular weight is 285 g/mol. The van der Waals surface area contributed by atoms with Gasteiger partial charge in [-0.1, -0.05) is 6.07 Å². The quantitative estimate of drug-likeness (QED) is 0.787. The van der Waals surface area contributed by atoms with Gasteiger partial charge in [0.2, 0.25) is 10.0 Å². The average Bonchev–Trinajstić information content (AvgIpc) is 3.23. The Bertz CT molecular complexity index is 525. The summed E-state index contributed by atoms with van der Waals surface area (Å²) in [7, 11) is -2.04. The predicted octanol–water partition coefficient (Wildman–Crippen LogP) is 1.13. The van der Waals surface area contributed by atoms with Crippen LogP contribution in [0.2, 0.25) is 0 Å². The number of rotatable bonds is 7. The summed E-state index contributed by atoms with van der Waals surface area (Å²) in [6.07, 6.45) is 2.15. The number of methoxy groups -OCH3 is 1. The molecule has 1 aromatic carbocycles. The zero-order valence-electron chi connectivity index (χ0n) is 10.9. The maximum absolute atomic E-state index is 12.0. The Morgan fingerprint density at radius 3 is 2.84 bits per heavy atom. The molecule has 2 N–H and O–H groups in total. The third-order valence-electron chi connectivity index (χ3n) is 3.25. The van der Waals surface area contributed by atoms with Crippen molar-refractivity contribution in [2.45, 2.75) is 30.3 Å². The predicted molar refractivity (Wildman–Crippen MR) is 71.5 cm³/mol. The molecular formula is C13H19NO4S. The highest BCUT2D eigenvalue weighted by atomic mass is 32.2. The summed E-state index contributed by atoms with van der Waals surface area (Å²) >= 11 is 0. The number of aliphatic hydroxyl groups is 1. The molecular weight excluding hydrogens is 266 g/mol. The van der Waals surface area contributed by atoms with Gasteiger partial charge in [-0.2, -0.15) is 0 Å². The molecule has 0 saturated heterocycles. The van der Waals surface area contributed by atoms with Crippen LogP contribution in [0, 0.1) is 5.92 Å². The summed E-state index contributed by atoms with van der Waals surface area (Å²) in [6, 6.07) is 6.31. The maximum Gasteiger partial charge on any atom is 0.240 e. The second-order valence-corrected chi connectivity index (χ2v) is 6.54. The van der Waals surface area contributed by atoms with Crippen molar-refractivity contribution >= 4 is 10.0 Å². The zero-order chi connectivity index (χ0) is 13.9. The van der Waals surface area contributed by atoms with Gasteiger partial charge in [0.15, 0.2) is 0 Å². The second kappa shape index (κ2) is 5.90. The minimum atomic E-state index is -3.53. The maximum atomic E-state index is 12.0. The van der Waals surface area contributed by atoms with Crippen molar-refractivity contribution in [3.63, 3.8) is 0 Å². The topological polar surface area (TPSA) is 75.6 Å². The molecule has 2 rings (SSSR count). The molecule has 1 aliphatic carbocycles. The van der Waals surface area contributed by atoms with Crippen LogP contribution < -0.4 is 9.46 Å². The first kappa shape index (κ1) is 14.3. The fraction of sp³-hybridized carbons (Fsp3) is 0.538. The minimum Gasteiger partial charge on any atom is -0.497 e. The number of ether oxygens (including phenoxy) is 1. The molecule has 1 atom stereocenters. The summed E-state index contributed by atoms with van der Waals surface area (Å²) in [6.45, 7) is 0.247. The van der Waals surface area contributed by atoms with Gasteiger partial charge in [0.05, 0.1) is 18.1 Å². The highest BCUT2D eigenvalue weighted by Gasteiger charge is 2.29. The molecule has 0 bridgehead atoms. The number of benzene rings is 1. The third-order valence-corrected chi connectivity index (χ3v) is 4.71. The molecule has 0 amide bonds. The van der Waals surface area contributed by atoms with Crippen molar-refractivity contribution in [3.8, 4) is 5.75 Å². The molecule has 1 fully saturated rings. The Labute approximate surface area is 113 Å². The van der Waals surface area contributed by atoms with Gasteiger partial charge in [0.25, 0.3) is 0 Å². The lowest BCUT2D eigenvalue weighted by Crippen LogP contribution is -2.27. The van der Waals surface area contributed by atoms with E-state index in [4.69, 9.17) is 4.74 Å². The lowest BCUT2D eigenvalue weighted by molar-refractivity contribution is 0.143. The number of sulfonamides is 1. The van der Waals surface area contributed by atoms with Gasteiger partial charge in [0.1, 0.15) is 5.75 Å². The zero-order valence-corrected chi connectivity index (χ0v) is 11.7. The van der Waals surface area contributed by atoms with Crippen LogP contribution in [0.15, 0.2) is 29.2 Å². The molecule has 1 aromatic rings. The standard InChI is InChI=1S/C13H19NO4S/c1-18-11-3-2-4-12(9-11)19(16,17)14-8-7-13(15)10-5-6-10/h2-4,9-10,13-15H,5-8H2,1H3/t13-/m0/s1. The number of aliphatic hydroxyl groups excluding tert-OH is 1. The summed E-state index contributed by atoms with van der Waals surface area (Å²) in [4.78, 5) is 0.174. The Balaban J connectivity index is 1.93. The van der Waals surface area contributed by atoms with Crippen LogP contribution in [0.3, 0.4) is 0 Å². The van der Waals surface area contributed by atoms with E-state index in [2.05, 4.69) is 4.72 Å². The van der Waals surface area contributed by atoms with Gasteiger partial charge < -0.3 is 9.84 Å². The first-order valence-corrected chi connectivity index (χ1v) is 7.83. The van der Waals surface area contributed by atoms with Crippen LogP contribution in [0.25, 0.3) is 0 Å². The first-order chi connectivity index (χ1) is 9.03. The van der Waals surface area contributed by atoms with Gasteiger partial charge in [0, 0.05) is 12.6 Å². The fourth-order valence-electron chi connectivity index (χ4n) is 1.91. The van der Waals surface area contributed by atoms with E-state index in [1.807, 2.05) is 0 Å². The Hall–Kier alpha value is -1.11. The van der Waals surface area contributed by atoms with Crippen LogP contribution >= 0.6 is 0 Å². The molecule has 0 heterocycles. The third kappa shape index (κ3) is 3.92. The van der Waals surface area contributed by atoms with Crippen LogP contribution in [0.1, 0.15) is 19.3 Å². The number of hydrogen-bond donors (Lipinski definition) is 2. The van der Waals surface area contributed by atoms with Crippen molar-refractivity contribution in [1.82, 2.24) is 4.72 Å². The SMILES string of the molecule is COc1cccc(S(=O)(=O)NCC[C@H](O)C2CC2)c1. The van der Waals surface area contributed by atoms with Crippen molar-refractivity contribution < 1.29 is 18.3 Å². The van der Waals surface area contributed by atoms with E-state index >= 15 is 0 Å². The van der Waals surface area contributed by atoms with Crippen LogP contribution in [-0.4, -0.2) is 33.3 Å². The lowest BCUT2D eigenvalue weighted by Gasteiger charge is -2.11. The van der Waals surface area contributed by atoms with E-state index in [9.17, 15) is 13.5 Å². The molecule has 6 heteroatoms. The highest BCUT2D eigenvalue weighted by Crippen LogP contribution is 2.33. The molecule has 0 radical (unpaired) electrons. The number of nitrogens with one attached hydrogen (secondary N) is 1. The van der Waals surface area contributed by atoms with Crippen LogP contribution in [-0.2, 0) is 10.0 Å². The molecule has 0 unspecified atom stereocenters. The van der Waals surface area contributed by atoms with Gasteiger partial charge in [-0.05, 0) is 37.3 Å². The summed E-state index contributed by atoms with van der Waals surface area (Å²) in [5.74, 6) is 0.863. The van der Waals surface area contributed by atoms with E-state index in [1.54, 1.807) is 12.1 Å². The number of hydrogen-bond acceptors (Lipinski definition) is 4. The van der Waals surface area contributed by atoms with E-state index < -0.39 is 16.1 Å². The van der Waals surface area contributed by atoms with Crippen molar-refractivity contribution in [2.24, 2.45) is 5.92 Å². The second-order valence-electron chi connectivity index (χ2n) is 4.77. The normalized spacial score (nSPS) is 17.2. The van der Waals surface area contributed by atoms with Crippen LogP contribution in [0.4, 0.5) is 0 Å². The fourth-order valence-corrected chi connectivity index (χ4v) is 2.99. The van der Waals surface area contributed by atoms with E-state index in [0.717, 1.165) is 12.8 Å². The smallest absolute Gasteiger partial charge is 0.240 e. The molecule has 5 nitrogen and oxygen atoms in total. The van der Waals surface area contributed by atoms with Gasteiger partial charge in [-0.25, -0.2) is 13.1 Å². The van der Waals surface area contributed by atoms with Crippen LogP contribution in [0.5, 0.6) is 5.75 Å². The molecule has 19 heavy (non-hydrogen) atoms. The van der Waals surface area contributed by atoms with E-state index in [1.165, 1.54) is 19.2 Å². The van der Waals surface area contributed by atoms with Gasteiger partial charge in [-0.3, -0.25) is 0 Å². The Morgan fingerprint density at radius 2 is 2.21 bits per heavy atom. The van der Waals surface area contributed by atoms with Crippen molar-refractivity contribution in [3.05, 3.63) is 24.3 Å². The van der Waals surface area contributed by atoms with Crippen molar-refractivity contribution in [2.75, 3.05) is 13.7 Å². The van der Waals surface area contributed by atoms with Gasteiger partial charge in [-0.15, -0.1) is 0 Å². The summed E-state index contributed by atoms with van der Waals surface area (Å²) < 4.78 is 31.5. The monoisotopic (exact) mass is 285 g/mol. The molecule has 106 valence electrons. The molecule has 1 aliphatic rings. The van der Waals surface area contributed by atoms with Gasteiger partial charge >= 0.3 is 0 Å². The Kier molecular flexibility index (Phi) is 4.44. The van der Waals surface area contributed by atoms with E-state index in [0.29, 0.717) is 18.1 Å². The van der Waals surface area contributed by atoms with Crippen molar-refractivity contribution in [1.29, 1.82) is 0 Å². The molecule has 0 aliphatic heterocycles. The molecule has 0 aromatic heterocycles. The first-order valence-electron chi connectivity index (χ1n) is 6.35. The van der Waals surface area contributed by atoms with E-state index in [-0.39, 0.29) is 11.4 Å².